The van der Waals surface area contributed by atoms with Gasteiger partial charge in [0.2, 0.25) is 5.91 Å². The molecular formula is C25H24FN3O3. The molecule has 0 aliphatic heterocycles. The van der Waals surface area contributed by atoms with Gasteiger partial charge in [-0.3, -0.25) is 14.4 Å². The van der Waals surface area contributed by atoms with Crippen molar-refractivity contribution in [3.63, 3.8) is 0 Å². The van der Waals surface area contributed by atoms with Crippen LogP contribution in [0.3, 0.4) is 0 Å². The summed E-state index contributed by atoms with van der Waals surface area (Å²) in [5, 5.41) is 8.27. The van der Waals surface area contributed by atoms with E-state index in [0.717, 1.165) is 0 Å². The van der Waals surface area contributed by atoms with E-state index in [1.807, 2.05) is 19.9 Å². The highest BCUT2D eigenvalue weighted by Gasteiger charge is 2.25. The predicted octanol–water partition coefficient (Wildman–Crippen LogP) is 4.47. The number of nitrogens with one attached hydrogen (secondary N) is 3. The van der Waals surface area contributed by atoms with Crippen molar-refractivity contribution in [3.8, 4) is 0 Å². The van der Waals surface area contributed by atoms with Crippen LogP contribution in [-0.2, 0) is 4.79 Å². The lowest BCUT2D eigenvalue weighted by Crippen LogP contribution is -2.47. The van der Waals surface area contributed by atoms with E-state index in [2.05, 4.69) is 16.0 Å². The van der Waals surface area contributed by atoms with E-state index < -0.39 is 23.7 Å². The fourth-order valence-electron chi connectivity index (χ4n) is 3.05. The van der Waals surface area contributed by atoms with E-state index in [1.54, 1.807) is 48.5 Å². The molecule has 0 saturated heterocycles. The molecule has 3 amide bonds. The summed E-state index contributed by atoms with van der Waals surface area (Å²) in [6, 6.07) is 19.8. The Balaban J connectivity index is 1.67. The molecule has 0 aliphatic rings. The number of amides is 3. The molecule has 0 aliphatic carbocycles. The maximum atomic E-state index is 13.1. The molecule has 32 heavy (non-hydrogen) atoms. The number of halogens is 1. The van der Waals surface area contributed by atoms with Gasteiger partial charge in [-0.1, -0.05) is 38.1 Å². The monoisotopic (exact) mass is 433 g/mol. The number of carbonyl (C=O) groups excluding carboxylic acids is 3. The van der Waals surface area contributed by atoms with Crippen LogP contribution in [0.4, 0.5) is 15.8 Å². The summed E-state index contributed by atoms with van der Waals surface area (Å²) in [4.78, 5) is 37.7. The molecule has 164 valence electrons. The molecule has 6 nitrogen and oxygen atoms in total. The van der Waals surface area contributed by atoms with E-state index in [9.17, 15) is 18.8 Å². The molecule has 0 spiro atoms. The first-order valence-corrected chi connectivity index (χ1v) is 10.2. The summed E-state index contributed by atoms with van der Waals surface area (Å²) in [6.07, 6.45) is 0. The number of anilines is 2. The van der Waals surface area contributed by atoms with Crippen molar-refractivity contribution >= 4 is 29.1 Å². The van der Waals surface area contributed by atoms with Crippen LogP contribution < -0.4 is 16.0 Å². The molecule has 3 rings (SSSR count). The van der Waals surface area contributed by atoms with Gasteiger partial charge in [0.25, 0.3) is 11.8 Å². The van der Waals surface area contributed by atoms with Gasteiger partial charge in [-0.15, -0.1) is 0 Å². The maximum Gasteiger partial charge on any atom is 0.255 e. The zero-order chi connectivity index (χ0) is 23.1. The van der Waals surface area contributed by atoms with Crippen LogP contribution in [0.25, 0.3) is 0 Å². The van der Waals surface area contributed by atoms with Crippen molar-refractivity contribution in [2.24, 2.45) is 5.92 Å². The first-order valence-electron chi connectivity index (χ1n) is 10.2. The fourth-order valence-corrected chi connectivity index (χ4v) is 3.05. The van der Waals surface area contributed by atoms with Crippen LogP contribution in [0.15, 0.2) is 78.9 Å². The lowest BCUT2D eigenvalue weighted by Gasteiger charge is -2.22. The normalized spacial score (nSPS) is 11.5. The number of carbonyl (C=O) groups is 3. The highest BCUT2D eigenvalue weighted by atomic mass is 19.1. The van der Waals surface area contributed by atoms with Crippen LogP contribution in [0.1, 0.15) is 34.6 Å². The van der Waals surface area contributed by atoms with Crippen molar-refractivity contribution in [1.82, 2.24) is 5.32 Å². The van der Waals surface area contributed by atoms with Crippen LogP contribution in [-0.4, -0.2) is 23.8 Å². The van der Waals surface area contributed by atoms with Gasteiger partial charge in [0.1, 0.15) is 11.9 Å². The average molecular weight is 433 g/mol. The molecular weight excluding hydrogens is 409 g/mol. The first-order chi connectivity index (χ1) is 15.3. The minimum absolute atomic E-state index is 0.194. The van der Waals surface area contributed by atoms with Crippen LogP contribution >= 0.6 is 0 Å². The number of hydrogen-bond donors (Lipinski definition) is 3. The quantitative estimate of drug-likeness (QED) is 0.514. The van der Waals surface area contributed by atoms with Gasteiger partial charge >= 0.3 is 0 Å². The minimum atomic E-state index is -0.810. The van der Waals surface area contributed by atoms with E-state index in [-0.39, 0.29) is 17.4 Å². The molecule has 0 saturated carbocycles. The van der Waals surface area contributed by atoms with E-state index >= 15 is 0 Å². The second-order valence-corrected chi connectivity index (χ2v) is 7.59. The highest BCUT2D eigenvalue weighted by molar-refractivity contribution is 6.05. The summed E-state index contributed by atoms with van der Waals surface area (Å²) in [5.41, 5.74) is 1.77. The average Bonchev–Trinajstić information content (AvgIpc) is 2.78. The zero-order valence-corrected chi connectivity index (χ0v) is 17.8. The summed E-state index contributed by atoms with van der Waals surface area (Å²) in [5.74, 6) is -1.77. The molecule has 0 heterocycles. The van der Waals surface area contributed by atoms with Crippen molar-refractivity contribution < 1.29 is 18.8 Å². The van der Waals surface area contributed by atoms with E-state index in [4.69, 9.17) is 0 Å². The Morgan fingerprint density at radius 2 is 1.31 bits per heavy atom. The lowest BCUT2D eigenvalue weighted by atomic mass is 10.0. The van der Waals surface area contributed by atoms with Crippen LogP contribution in [0.5, 0.6) is 0 Å². The second-order valence-electron chi connectivity index (χ2n) is 7.59. The number of benzene rings is 3. The van der Waals surface area contributed by atoms with Crippen molar-refractivity contribution in [2.75, 3.05) is 10.6 Å². The number of rotatable bonds is 7. The molecule has 7 heteroatoms. The van der Waals surface area contributed by atoms with Gasteiger partial charge < -0.3 is 16.0 Å². The zero-order valence-electron chi connectivity index (χ0n) is 17.8. The molecule has 3 aromatic carbocycles. The molecule has 1 unspecified atom stereocenters. The predicted molar refractivity (Wildman–Crippen MR) is 122 cm³/mol. The smallest absolute Gasteiger partial charge is 0.255 e. The van der Waals surface area contributed by atoms with Gasteiger partial charge in [-0.25, -0.2) is 4.39 Å². The van der Waals surface area contributed by atoms with E-state index in [1.165, 1.54) is 24.3 Å². The largest absolute Gasteiger partial charge is 0.340 e. The summed E-state index contributed by atoms with van der Waals surface area (Å²) in [6.45, 7) is 3.62. The van der Waals surface area contributed by atoms with Crippen molar-refractivity contribution in [2.45, 2.75) is 19.9 Å². The Hall–Kier alpha value is -4.00. The standard InChI is InChI=1S/C25H24FN3O3/c1-16(2)22(29-24(31)18-11-13-19(26)14-12-18)25(32)28-21-10-6-9-20(15-21)27-23(30)17-7-4-3-5-8-17/h3-16,22H,1-2H3,(H,27,30)(H,28,32)(H,29,31). The first kappa shape index (κ1) is 22.7. The third-order valence-corrected chi connectivity index (χ3v) is 4.77. The van der Waals surface area contributed by atoms with Gasteiger partial charge in [0.15, 0.2) is 0 Å². The van der Waals surface area contributed by atoms with E-state index in [0.29, 0.717) is 16.9 Å². The topological polar surface area (TPSA) is 87.3 Å². The van der Waals surface area contributed by atoms with Crippen molar-refractivity contribution in [3.05, 3.63) is 95.8 Å². The molecule has 0 bridgehead atoms. The Bertz CT molecular complexity index is 1100. The van der Waals surface area contributed by atoms with Crippen molar-refractivity contribution in [1.29, 1.82) is 0 Å². The molecule has 1 atom stereocenters. The van der Waals surface area contributed by atoms with Gasteiger partial charge in [-0.05, 0) is 60.5 Å². The Labute approximate surface area is 185 Å². The SMILES string of the molecule is CC(C)C(NC(=O)c1ccc(F)cc1)C(=O)Nc1cccc(NC(=O)c2ccccc2)c1. The Morgan fingerprint density at radius 1 is 0.719 bits per heavy atom. The summed E-state index contributed by atoms with van der Waals surface area (Å²) >= 11 is 0. The second kappa shape index (κ2) is 10.3. The third kappa shape index (κ3) is 6.01. The fraction of sp³-hybridized carbons (Fsp3) is 0.160. The number of hydrogen-bond acceptors (Lipinski definition) is 3. The van der Waals surface area contributed by atoms with Gasteiger partial charge in [0.05, 0.1) is 0 Å². The van der Waals surface area contributed by atoms with Crippen LogP contribution in [0, 0.1) is 11.7 Å². The molecule has 3 aromatic rings. The summed E-state index contributed by atoms with van der Waals surface area (Å²) in [7, 11) is 0. The lowest BCUT2D eigenvalue weighted by molar-refractivity contribution is -0.118. The molecule has 0 aromatic heterocycles. The Kier molecular flexibility index (Phi) is 7.33. The maximum absolute atomic E-state index is 13.1. The van der Waals surface area contributed by atoms with Crippen LogP contribution in [0.2, 0.25) is 0 Å². The van der Waals surface area contributed by atoms with Gasteiger partial charge in [0, 0.05) is 22.5 Å². The van der Waals surface area contributed by atoms with Gasteiger partial charge in [-0.2, -0.15) is 0 Å². The molecule has 0 fully saturated rings. The highest BCUT2D eigenvalue weighted by Crippen LogP contribution is 2.17. The molecule has 0 radical (unpaired) electrons. The molecule has 3 N–H and O–H groups in total. The Morgan fingerprint density at radius 3 is 1.94 bits per heavy atom. The minimum Gasteiger partial charge on any atom is -0.340 e. The third-order valence-electron chi connectivity index (χ3n) is 4.77. The summed E-state index contributed by atoms with van der Waals surface area (Å²) < 4.78 is 13.1.